The van der Waals surface area contributed by atoms with Crippen LogP contribution in [0.25, 0.3) is 16.8 Å². The van der Waals surface area contributed by atoms with Gasteiger partial charge in [0.1, 0.15) is 0 Å². The van der Waals surface area contributed by atoms with Crippen molar-refractivity contribution >= 4 is 16.8 Å². The van der Waals surface area contributed by atoms with E-state index < -0.39 is 0 Å². The number of hydrogen-bond acceptors (Lipinski definition) is 0. The van der Waals surface area contributed by atoms with Crippen LogP contribution in [-0.4, -0.2) is 0 Å². The summed E-state index contributed by atoms with van der Waals surface area (Å²) in [6.07, 6.45) is 5.56. The first kappa shape index (κ1) is 7.81. The summed E-state index contributed by atoms with van der Waals surface area (Å²) in [6, 6.07) is 11.1. The van der Waals surface area contributed by atoms with E-state index in [-0.39, 0.29) is 0 Å². The van der Waals surface area contributed by atoms with E-state index in [0.29, 0.717) is 0 Å². The number of aryl methyl sites for hydroxylation is 1. The van der Waals surface area contributed by atoms with Crippen molar-refractivity contribution in [2.45, 2.75) is 13.3 Å². The highest BCUT2D eigenvalue weighted by Crippen LogP contribution is 2.29. The van der Waals surface area contributed by atoms with Crippen LogP contribution in [0.4, 0.5) is 0 Å². The maximum Gasteiger partial charge on any atom is -0.00761 e. The molecule has 68 valence electrons. The zero-order valence-electron chi connectivity index (χ0n) is 8.25. The number of rotatable bonds is 0. The van der Waals surface area contributed by atoms with Crippen molar-refractivity contribution in [2.75, 3.05) is 0 Å². The lowest BCUT2D eigenvalue weighted by Crippen LogP contribution is -1.93. The molecule has 0 saturated carbocycles. The van der Waals surface area contributed by atoms with Gasteiger partial charge in [-0.2, -0.15) is 0 Å². The van der Waals surface area contributed by atoms with Crippen molar-refractivity contribution in [1.82, 2.24) is 0 Å². The molecule has 2 aromatic rings. The molecular formula is C14H12. The van der Waals surface area contributed by atoms with Crippen LogP contribution >= 0.6 is 0 Å². The molecule has 0 heteroatoms. The summed E-state index contributed by atoms with van der Waals surface area (Å²) in [5.41, 5.74) is 4.18. The van der Waals surface area contributed by atoms with Gasteiger partial charge >= 0.3 is 0 Å². The van der Waals surface area contributed by atoms with E-state index in [9.17, 15) is 0 Å². The van der Waals surface area contributed by atoms with E-state index >= 15 is 0 Å². The molecule has 0 spiro atoms. The molecule has 0 saturated heterocycles. The Balaban J connectivity index is 2.53. The highest BCUT2D eigenvalue weighted by atomic mass is 14.1. The van der Waals surface area contributed by atoms with Gasteiger partial charge < -0.3 is 0 Å². The fraction of sp³-hybridized carbons (Fsp3) is 0.143. The molecule has 0 N–H and O–H groups in total. The predicted molar refractivity (Wildman–Crippen MR) is 61.4 cm³/mol. The molecule has 0 aliphatic heterocycles. The van der Waals surface area contributed by atoms with Crippen LogP contribution in [0.15, 0.2) is 36.4 Å². The quantitative estimate of drug-likeness (QED) is 0.579. The zero-order valence-corrected chi connectivity index (χ0v) is 8.25. The van der Waals surface area contributed by atoms with Crippen molar-refractivity contribution in [3.05, 3.63) is 53.1 Å². The lowest BCUT2D eigenvalue weighted by atomic mass is 9.92. The molecule has 0 aromatic heterocycles. The number of benzene rings is 2. The van der Waals surface area contributed by atoms with Gasteiger partial charge in [0.15, 0.2) is 0 Å². The normalized spacial score (nSPS) is 13.5. The highest BCUT2D eigenvalue weighted by molar-refractivity contribution is 5.95. The molecule has 0 atom stereocenters. The van der Waals surface area contributed by atoms with Gasteiger partial charge in [0.25, 0.3) is 0 Å². The van der Waals surface area contributed by atoms with E-state index in [1.807, 2.05) is 0 Å². The van der Waals surface area contributed by atoms with Crippen LogP contribution in [0, 0.1) is 6.92 Å². The van der Waals surface area contributed by atoms with E-state index in [4.69, 9.17) is 0 Å². The molecule has 0 nitrogen and oxygen atoms in total. The first-order valence-corrected chi connectivity index (χ1v) is 5.03. The summed E-state index contributed by atoms with van der Waals surface area (Å²) >= 11 is 0. The third kappa shape index (κ3) is 1.00. The lowest BCUT2D eigenvalue weighted by Gasteiger charge is -2.13. The summed E-state index contributed by atoms with van der Waals surface area (Å²) in [5.74, 6) is 0. The summed E-state index contributed by atoms with van der Waals surface area (Å²) < 4.78 is 0. The van der Waals surface area contributed by atoms with Crippen LogP contribution in [0.1, 0.15) is 16.7 Å². The fourth-order valence-corrected chi connectivity index (χ4v) is 2.31. The van der Waals surface area contributed by atoms with Gasteiger partial charge in [-0.3, -0.25) is 0 Å². The van der Waals surface area contributed by atoms with Crippen LogP contribution in [0.3, 0.4) is 0 Å². The molecule has 2 aromatic carbocycles. The third-order valence-corrected chi connectivity index (χ3v) is 2.87. The molecule has 0 radical (unpaired) electrons. The molecule has 0 bridgehead atoms. The van der Waals surface area contributed by atoms with Crippen molar-refractivity contribution in [3.63, 3.8) is 0 Å². The second-order valence-corrected chi connectivity index (χ2v) is 3.98. The highest BCUT2D eigenvalue weighted by Gasteiger charge is 2.07. The smallest absolute Gasteiger partial charge is 0.00761 e. The Bertz CT molecular complexity index is 533. The predicted octanol–water partition coefficient (Wildman–Crippen LogP) is 3.72. The minimum atomic E-state index is 1.08. The largest absolute Gasteiger partial charge is 0.0795 e. The molecule has 0 unspecified atom stereocenters. The molecule has 3 rings (SSSR count). The number of allylic oxidation sites excluding steroid dienone is 1. The third-order valence-electron chi connectivity index (χ3n) is 2.87. The van der Waals surface area contributed by atoms with Gasteiger partial charge in [-0.1, -0.05) is 42.5 Å². The van der Waals surface area contributed by atoms with Gasteiger partial charge in [0, 0.05) is 0 Å². The van der Waals surface area contributed by atoms with Crippen LogP contribution in [0.2, 0.25) is 0 Å². The Labute approximate surface area is 83.9 Å². The van der Waals surface area contributed by atoms with Crippen LogP contribution < -0.4 is 0 Å². The van der Waals surface area contributed by atoms with Crippen molar-refractivity contribution < 1.29 is 0 Å². The molecule has 1 aliphatic carbocycles. The first-order valence-electron chi connectivity index (χ1n) is 5.03. The Kier molecular flexibility index (Phi) is 1.51. The molecule has 1 aliphatic rings. The van der Waals surface area contributed by atoms with Gasteiger partial charge in [-0.15, -0.1) is 0 Å². The van der Waals surface area contributed by atoms with Crippen LogP contribution in [0.5, 0.6) is 0 Å². The van der Waals surface area contributed by atoms with Crippen LogP contribution in [-0.2, 0) is 6.42 Å². The minimum absolute atomic E-state index is 1.08. The summed E-state index contributed by atoms with van der Waals surface area (Å²) in [5, 5.41) is 2.82. The summed E-state index contributed by atoms with van der Waals surface area (Å²) in [4.78, 5) is 0. The van der Waals surface area contributed by atoms with Crippen molar-refractivity contribution in [3.8, 4) is 0 Å². The molecule has 14 heavy (non-hydrogen) atoms. The van der Waals surface area contributed by atoms with Gasteiger partial charge in [-0.25, -0.2) is 0 Å². The maximum absolute atomic E-state index is 2.27. The average Bonchev–Trinajstić information content (AvgIpc) is 2.18. The lowest BCUT2D eigenvalue weighted by molar-refractivity contribution is 1.29. The minimum Gasteiger partial charge on any atom is -0.0795 e. The van der Waals surface area contributed by atoms with Gasteiger partial charge in [-0.05, 0) is 40.8 Å². The van der Waals surface area contributed by atoms with E-state index in [2.05, 4.69) is 49.4 Å². The summed E-state index contributed by atoms with van der Waals surface area (Å²) in [7, 11) is 0. The Morgan fingerprint density at radius 1 is 1.14 bits per heavy atom. The standard InChI is InChI=1S/C14H12/c1-10-8-12-6-2-4-11-5-3-7-13(9-10)14(11)12/h2-4,6-9H,5H2,1H3. The molecule has 0 amide bonds. The van der Waals surface area contributed by atoms with Crippen molar-refractivity contribution in [2.24, 2.45) is 0 Å². The first-order chi connectivity index (χ1) is 6.84. The van der Waals surface area contributed by atoms with E-state index in [1.54, 1.807) is 0 Å². The average molecular weight is 180 g/mol. The Morgan fingerprint density at radius 3 is 3.00 bits per heavy atom. The monoisotopic (exact) mass is 180 g/mol. The van der Waals surface area contributed by atoms with Crippen molar-refractivity contribution in [1.29, 1.82) is 0 Å². The SMILES string of the molecule is Cc1cc2c3c(cccc3c1)CC=C2. The summed E-state index contributed by atoms with van der Waals surface area (Å²) in [6.45, 7) is 2.16. The molecule has 0 heterocycles. The second-order valence-electron chi connectivity index (χ2n) is 3.98. The van der Waals surface area contributed by atoms with Gasteiger partial charge in [0.2, 0.25) is 0 Å². The van der Waals surface area contributed by atoms with E-state index in [1.165, 1.54) is 27.5 Å². The molecule has 0 fully saturated rings. The molecular weight excluding hydrogens is 168 g/mol. The van der Waals surface area contributed by atoms with Gasteiger partial charge in [0.05, 0.1) is 0 Å². The topological polar surface area (TPSA) is 0 Å². The Hall–Kier alpha value is -1.56. The maximum atomic E-state index is 2.27. The number of hydrogen-bond donors (Lipinski definition) is 0. The fourth-order valence-electron chi connectivity index (χ4n) is 2.31. The van der Waals surface area contributed by atoms with E-state index in [0.717, 1.165) is 6.42 Å². The Morgan fingerprint density at radius 2 is 2.07 bits per heavy atom. The second kappa shape index (κ2) is 2.71. The zero-order chi connectivity index (χ0) is 9.54.